The minimum atomic E-state index is 0.398. The van der Waals surface area contributed by atoms with Crippen molar-refractivity contribution in [1.82, 2.24) is 15.1 Å². The first-order valence-electron chi connectivity index (χ1n) is 7.31. The number of nitrogens with one attached hydrogen (secondary N) is 1. The highest BCUT2D eigenvalue weighted by molar-refractivity contribution is 5.19. The molecule has 0 radical (unpaired) electrons. The van der Waals surface area contributed by atoms with Gasteiger partial charge in [0.05, 0.1) is 5.69 Å². The quantitative estimate of drug-likeness (QED) is 0.765. The summed E-state index contributed by atoms with van der Waals surface area (Å²) in [5, 5.41) is 8.07. The molecule has 3 heteroatoms. The topological polar surface area (TPSA) is 29.9 Å². The van der Waals surface area contributed by atoms with Gasteiger partial charge in [-0.15, -0.1) is 0 Å². The molecule has 0 saturated carbocycles. The first-order chi connectivity index (χ1) is 8.58. The Bertz CT molecular complexity index is 344. The standard InChI is InChI=1S/C15H29N3/c1-6-8-9-14(7-2)10-16-12(3)15-11-18(5)17-13(15)4/h11-12,14,16H,6-10H2,1-5H3. The Balaban J connectivity index is 2.44. The molecule has 0 spiro atoms. The van der Waals surface area contributed by atoms with Gasteiger partial charge in [-0.05, 0) is 32.7 Å². The number of hydrogen-bond acceptors (Lipinski definition) is 2. The smallest absolute Gasteiger partial charge is 0.0641 e. The number of nitrogens with zero attached hydrogens (tertiary/aromatic N) is 2. The van der Waals surface area contributed by atoms with Crippen LogP contribution in [0.1, 0.15) is 63.8 Å². The third kappa shape index (κ3) is 4.45. The Morgan fingerprint density at radius 1 is 1.39 bits per heavy atom. The molecule has 2 atom stereocenters. The average molecular weight is 251 g/mol. The van der Waals surface area contributed by atoms with Crippen molar-refractivity contribution in [3.63, 3.8) is 0 Å². The summed E-state index contributed by atoms with van der Waals surface area (Å²) in [6.45, 7) is 9.99. The van der Waals surface area contributed by atoms with Crippen LogP contribution in [0.25, 0.3) is 0 Å². The molecule has 1 heterocycles. The second kappa shape index (κ2) is 7.57. The van der Waals surface area contributed by atoms with Gasteiger partial charge in [-0.3, -0.25) is 4.68 Å². The van der Waals surface area contributed by atoms with E-state index in [1.807, 2.05) is 11.7 Å². The zero-order valence-electron chi connectivity index (χ0n) is 12.7. The van der Waals surface area contributed by atoms with Gasteiger partial charge in [0, 0.05) is 24.8 Å². The molecule has 0 aromatic carbocycles. The van der Waals surface area contributed by atoms with E-state index in [4.69, 9.17) is 0 Å². The van der Waals surface area contributed by atoms with Crippen LogP contribution in [0, 0.1) is 12.8 Å². The Morgan fingerprint density at radius 2 is 2.11 bits per heavy atom. The van der Waals surface area contributed by atoms with E-state index in [0.29, 0.717) is 6.04 Å². The molecule has 0 aliphatic carbocycles. The van der Waals surface area contributed by atoms with Crippen LogP contribution in [0.5, 0.6) is 0 Å². The summed E-state index contributed by atoms with van der Waals surface area (Å²) in [5.74, 6) is 0.810. The molecular formula is C15H29N3. The maximum Gasteiger partial charge on any atom is 0.0641 e. The van der Waals surface area contributed by atoms with Crippen LogP contribution in [0.15, 0.2) is 6.20 Å². The largest absolute Gasteiger partial charge is 0.310 e. The molecular weight excluding hydrogens is 222 g/mol. The number of aromatic nitrogens is 2. The monoisotopic (exact) mass is 251 g/mol. The fourth-order valence-corrected chi connectivity index (χ4v) is 2.44. The van der Waals surface area contributed by atoms with Gasteiger partial charge in [-0.1, -0.05) is 33.1 Å². The van der Waals surface area contributed by atoms with Crippen molar-refractivity contribution >= 4 is 0 Å². The van der Waals surface area contributed by atoms with Crippen LogP contribution in [-0.4, -0.2) is 16.3 Å². The molecule has 1 rings (SSSR count). The van der Waals surface area contributed by atoms with Gasteiger partial charge in [-0.25, -0.2) is 0 Å². The molecule has 0 bridgehead atoms. The zero-order chi connectivity index (χ0) is 13.5. The van der Waals surface area contributed by atoms with Crippen molar-refractivity contribution in [2.75, 3.05) is 6.54 Å². The van der Waals surface area contributed by atoms with E-state index in [0.717, 1.165) is 18.2 Å². The van der Waals surface area contributed by atoms with Crippen molar-refractivity contribution in [3.05, 3.63) is 17.5 Å². The Hall–Kier alpha value is -0.830. The summed E-state index contributed by atoms with van der Waals surface area (Å²) in [4.78, 5) is 0. The second-order valence-electron chi connectivity index (χ2n) is 5.39. The average Bonchev–Trinajstić information content (AvgIpc) is 2.68. The molecule has 2 unspecified atom stereocenters. The highest BCUT2D eigenvalue weighted by atomic mass is 15.3. The van der Waals surface area contributed by atoms with Crippen LogP contribution < -0.4 is 5.32 Å². The van der Waals surface area contributed by atoms with Crippen molar-refractivity contribution in [1.29, 1.82) is 0 Å². The number of unbranched alkanes of at least 4 members (excludes halogenated alkanes) is 1. The van der Waals surface area contributed by atoms with Crippen LogP contribution in [0.2, 0.25) is 0 Å². The lowest BCUT2D eigenvalue weighted by Crippen LogP contribution is -2.25. The highest BCUT2D eigenvalue weighted by Crippen LogP contribution is 2.17. The van der Waals surface area contributed by atoms with Gasteiger partial charge >= 0.3 is 0 Å². The molecule has 0 aliphatic heterocycles. The lowest BCUT2D eigenvalue weighted by atomic mass is 9.98. The van der Waals surface area contributed by atoms with Gasteiger partial charge in [0.15, 0.2) is 0 Å². The van der Waals surface area contributed by atoms with Crippen molar-refractivity contribution < 1.29 is 0 Å². The van der Waals surface area contributed by atoms with E-state index in [9.17, 15) is 0 Å². The van der Waals surface area contributed by atoms with Crippen LogP contribution in [0.3, 0.4) is 0 Å². The maximum atomic E-state index is 4.41. The summed E-state index contributed by atoms with van der Waals surface area (Å²) >= 11 is 0. The molecule has 0 amide bonds. The van der Waals surface area contributed by atoms with Crippen molar-refractivity contribution in [2.24, 2.45) is 13.0 Å². The van der Waals surface area contributed by atoms with E-state index in [-0.39, 0.29) is 0 Å². The molecule has 3 nitrogen and oxygen atoms in total. The third-order valence-corrected chi connectivity index (χ3v) is 3.77. The van der Waals surface area contributed by atoms with Gasteiger partial charge in [0.25, 0.3) is 0 Å². The van der Waals surface area contributed by atoms with Crippen LogP contribution in [-0.2, 0) is 7.05 Å². The molecule has 1 N–H and O–H groups in total. The minimum Gasteiger partial charge on any atom is -0.310 e. The zero-order valence-corrected chi connectivity index (χ0v) is 12.7. The van der Waals surface area contributed by atoms with E-state index < -0.39 is 0 Å². The van der Waals surface area contributed by atoms with E-state index in [2.05, 4.69) is 44.3 Å². The summed E-state index contributed by atoms with van der Waals surface area (Å²) in [6, 6.07) is 0.398. The Morgan fingerprint density at radius 3 is 2.61 bits per heavy atom. The lowest BCUT2D eigenvalue weighted by molar-refractivity contribution is 0.398. The van der Waals surface area contributed by atoms with E-state index in [1.165, 1.54) is 31.2 Å². The fourth-order valence-electron chi connectivity index (χ4n) is 2.44. The summed E-state index contributed by atoms with van der Waals surface area (Å²) in [5.41, 5.74) is 2.46. The normalized spacial score (nSPS) is 14.7. The van der Waals surface area contributed by atoms with E-state index >= 15 is 0 Å². The van der Waals surface area contributed by atoms with Crippen LogP contribution in [0.4, 0.5) is 0 Å². The number of hydrogen-bond donors (Lipinski definition) is 1. The maximum absolute atomic E-state index is 4.41. The Labute approximate surface area is 112 Å². The number of aryl methyl sites for hydroxylation is 2. The summed E-state index contributed by atoms with van der Waals surface area (Å²) < 4.78 is 1.90. The second-order valence-corrected chi connectivity index (χ2v) is 5.39. The van der Waals surface area contributed by atoms with Crippen molar-refractivity contribution in [3.8, 4) is 0 Å². The van der Waals surface area contributed by atoms with Crippen LogP contribution >= 0.6 is 0 Å². The highest BCUT2D eigenvalue weighted by Gasteiger charge is 2.13. The summed E-state index contributed by atoms with van der Waals surface area (Å²) in [6.07, 6.45) is 7.39. The predicted octanol–water partition coefficient (Wildman–Crippen LogP) is 3.60. The number of rotatable bonds is 8. The van der Waals surface area contributed by atoms with Gasteiger partial charge < -0.3 is 5.32 Å². The molecule has 1 aromatic rings. The predicted molar refractivity (Wildman–Crippen MR) is 77.7 cm³/mol. The minimum absolute atomic E-state index is 0.398. The molecule has 104 valence electrons. The molecule has 0 saturated heterocycles. The summed E-state index contributed by atoms with van der Waals surface area (Å²) in [7, 11) is 1.99. The fraction of sp³-hybridized carbons (Fsp3) is 0.800. The molecule has 18 heavy (non-hydrogen) atoms. The van der Waals surface area contributed by atoms with E-state index in [1.54, 1.807) is 0 Å². The first kappa shape index (κ1) is 15.2. The SMILES string of the molecule is CCCCC(CC)CNC(C)c1cn(C)nc1C. The van der Waals surface area contributed by atoms with Crippen molar-refractivity contribution in [2.45, 2.75) is 59.4 Å². The lowest BCUT2D eigenvalue weighted by Gasteiger charge is -2.19. The molecule has 0 aliphatic rings. The van der Waals surface area contributed by atoms with Gasteiger partial charge in [-0.2, -0.15) is 5.10 Å². The molecule has 1 aromatic heterocycles. The molecule has 0 fully saturated rings. The van der Waals surface area contributed by atoms with Gasteiger partial charge in [0.2, 0.25) is 0 Å². The third-order valence-electron chi connectivity index (χ3n) is 3.77. The Kier molecular flexibility index (Phi) is 6.41. The first-order valence-corrected chi connectivity index (χ1v) is 7.31. The van der Waals surface area contributed by atoms with Gasteiger partial charge in [0.1, 0.15) is 0 Å².